The van der Waals surface area contributed by atoms with Crippen molar-refractivity contribution in [2.75, 3.05) is 31.5 Å². The van der Waals surface area contributed by atoms with Gasteiger partial charge >= 0.3 is 0 Å². The third-order valence-corrected chi connectivity index (χ3v) is 3.63. The standard InChI is InChI=1S/C18H20N2O4/c1-12(21)20(2)15-8-6-5-7-14(15)19-18(22)13-9-10-16(23-3)17(11-13)24-4/h5-11H,1-4H3,(H,19,22). The van der Waals surface area contributed by atoms with Crippen LogP contribution >= 0.6 is 0 Å². The van der Waals surface area contributed by atoms with Crippen LogP contribution in [-0.2, 0) is 4.79 Å². The zero-order valence-corrected chi connectivity index (χ0v) is 14.1. The van der Waals surface area contributed by atoms with Crippen LogP contribution in [0, 0.1) is 0 Å². The van der Waals surface area contributed by atoms with Crippen molar-refractivity contribution in [2.45, 2.75) is 6.92 Å². The zero-order valence-electron chi connectivity index (χ0n) is 14.1. The largest absolute Gasteiger partial charge is 0.493 e. The van der Waals surface area contributed by atoms with E-state index in [-0.39, 0.29) is 11.8 Å². The van der Waals surface area contributed by atoms with E-state index in [1.807, 2.05) is 0 Å². The van der Waals surface area contributed by atoms with Gasteiger partial charge in [0, 0.05) is 19.5 Å². The lowest BCUT2D eigenvalue weighted by Crippen LogP contribution is -2.24. The van der Waals surface area contributed by atoms with E-state index in [2.05, 4.69) is 5.32 Å². The second-order valence-corrected chi connectivity index (χ2v) is 5.12. The molecule has 0 fully saturated rings. The minimum Gasteiger partial charge on any atom is -0.493 e. The summed E-state index contributed by atoms with van der Waals surface area (Å²) in [4.78, 5) is 25.6. The van der Waals surface area contributed by atoms with Gasteiger partial charge < -0.3 is 19.7 Å². The van der Waals surface area contributed by atoms with Crippen LogP contribution in [-0.4, -0.2) is 33.1 Å². The number of para-hydroxylation sites is 2. The topological polar surface area (TPSA) is 67.9 Å². The maximum absolute atomic E-state index is 12.5. The molecule has 0 saturated heterocycles. The van der Waals surface area contributed by atoms with Crippen LogP contribution in [0.25, 0.3) is 0 Å². The first-order chi connectivity index (χ1) is 11.5. The molecule has 0 spiro atoms. The number of methoxy groups -OCH3 is 2. The molecule has 6 heteroatoms. The van der Waals surface area contributed by atoms with Crippen molar-refractivity contribution in [3.05, 3.63) is 48.0 Å². The van der Waals surface area contributed by atoms with Crippen molar-refractivity contribution < 1.29 is 19.1 Å². The first-order valence-corrected chi connectivity index (χ1v) is 7.34. The second-order valence-electron chi connectivity index (χ2n) is 5.12. The third kappa shape index (κ3) is 3.65. The molecular weight excluding hydrogens is 308 g/mol. The number of rotatable bonds is 5. The molecular formula is C18H20N2O4. The van der Waals surface area contributed by atoms with Gasteiger partial charge in [-0.2, -0.15) is 0 Å². The molecule has 1 N–H and O–H groups in total. The van der Waals surface area contributed by atoms with Crippen molar-refractivity contribution in [1.82, 2.24) is 0 Å². The predicted molar refractivity (Wildman–Crippen MR) is 93.0 cm³/mol. The van der Waals surface area contributed by atoms with Gasteiger partial charge in [0.1, 0.15) is 0 Å². The van der Waals surface area contributed by atoms with E-state index in [0.29, 0.717) is 28.4 Å². The number of nitrogens with one attached hydrogen (secondary N) is 1. The van der Waals surface area contributed by atoms with Crippen LogP contribution in [0.5, 0.6) is 11.5 Å². The first kappa shape index (κ1) is 17.3. The smallest absolute Gasteiger partial charge is 0.255 e. The van der Waals surface area contributed by atoms with Crippen LogP contribution in [0.15, 0.2) is 42.5 Å². The lowest BCUT2D eigenvalue weighted by Gasteiger charge is -2.19. The number of benzene rings is 2. The van der Waals surface area contributed by atoms with Gasteiger partial charge in [-0.1, -0.05) is 12.1 Å². The Kier molecular flexibility index (Phi) is 5.42. The fourth-order valence-electron chi connectivity index (χ4n) is 2.21. The minimum atomic E-state index is -0.305. The number of ether oxygens (including phenoxy) is 2. The number of nitrogens with zero attached hydrogens (tertiary/aromatic N) is 1. The Hall–Kier alpha value is -3.02. The summed E-state index contributed by atoms with van der Waals surface area (Å²) in [6.45, 7) is 1.47. The highest BCUT2D eigenvalue weighted by Gasteiger charge is 2.15. The van der Waals surface area contributed by atoms with E-state index >= 15 is 0 Å². The van der Waals surface area contributed by atoms with Gasteiger partial charge in [-0.3, -0.25) is 9.59 Å². The highest BCUT2D eigenvalue weighted by molar-refractivity contribution is 6.07. The SMILES string of the molecule is COc1ccc(C(=O)Nc2ccccc2N(C)C(C)=O)cc1OC. The summed E-state index contributed by atoms with van der Waals surface area (Å²) in [5, 5.41) is 2.82. The maximum Gasteiger partial charge on any atom is 0.255 e. The fraction of sp³-hybridized carbons (Fsp3) is 0.222. The Morgan fingerprint density at radius 1 is 1.00 bits per heavy atom. The molecule has 2 aromatic rings. The highest BCUT2D eigenvalue weighted by atomic mass is 16.5. The Morgan fingerprint density at radius 2 is 1.67 bits per heavy atom. The molecule has 2 amide bonds. The summed E-state index contributed by atoms with van der Waals surface area (Å²) in [6.07, 6.45) is 0. The molecule has 0 unspecified atom stereocenters. The molecule has 126 valence electrons. The quantitative estimate of drug-likeness (QED) is 0.916. The third-order valence-electron chi connectivity index (χ3n) is 3.63. The van der Waals surface area contributed by atoms with Crippen LogP contribution in [0.1, 0.15) is 17.3 Å². The van der Waals surface area contributed by atoms with Crippen LogP contribution in [0.4, 0.5) is 11.4 Å². The predicted octanol–water partition coefficient (Wildman–Crippen LogP) is 2.94. The van der Waals surface area contributed by atoms with Gasteiger partial charge in [0.2, 0.25) is 5.91 Å². The summed E-state index contributed by atoms with van der Waals surface area (Å²) in [5.41, 5.74) is 1.60. The van der Waals surface area contributed by atoms with Gasteiger partial charge in [0.25, 0.3) is 5.91 Å². The number of hydrogen-bond acceptors (Lipinski definition) is 4. The number of carbonyl (C=O) groups is 2. The molecule has 0 saturated carbocycles. The lowest BCUT2D eigenvalue weighted by atomic mass is 10.1. The van der Waals surface area contributed by atoms with Crippen LogP contribution < -0.4 is 19.7 Å². The van der Waals surface area contributed by atoms with Gasteiger partial charge in [-0.25, -0.2) is 0 Å². The van der Waals surface area contributed by atoms with Crippen molar-refractivity contribution in [3.63, 3.8) is 0 Å². The summed E-state index contributed by atoms with van der Waals surface area (Å²) in [7, 11) is 4.70. The molecule has 6 nitrogen and oxygen atoms in total. The fourth-order valence-corrected chi connectivity index (χ4v) is 2.21. The molecule has 0 radical (unpaired) electrons. The van der Waals surface area contributed by atoms with E-state index in [1.165, 1.54) is 26.0 Å². The number of amides is 2. The molecule has 0 aliphatic heterocycles. The van der Waals surface area contributed by atoms with Crippen molar-refractivity contribution >= 4 is 23.2 Å². The van der Waals surface area contributed by atoms with Crippen LogP contribution in [0.3, 0.4) is 0 Å². The molecule has 0 atom stereocenters. The summed E-state index contributed by atoms with van der Waals surface area (Å²) in [5.74, 6) is 0.591. The summed E-state index contributed by atoms with van der Waals surface area (Å²) in [6, 6.07) is 12.0. The molecule has 0 aliphatic rings. The van der Waals surface area contributed by atoms with Gasteiger partial charge in [0.15, 0.2) is 11.5 Å². The van der Waals surface area contributed by atoms with Crippen molar-refractivity contribution in [3.8, 4) is 11.5 Å². The molecule has 0 bridgehead atoms. The highest BCUT2D eigenvalue weighted by Crippen LogP contribution is 2.29. The Morgan fingerprint density at radius 3 is 2.29 bits per heavy atom. The molecule has 24 heavy (non-hydrogen) atoms. The number of hydrogen-bond donors (Lipinski definition) is 1. The van der Waals surface area contributed by atoms with E-state index in [0.717, 1.165) is 0 Å². The molecule has 0 aliphatic carbocycles. The summed E-state index contributed by atoms with van der Waals surface area (Å²) < 4.78 is 10.4. The zero-order chi connectivity index (χ0) is 17.7. The van der Waals surface area contributed by atoms with Crippen molar-refractivity contribution in [1.29, 1.82) is 0 Å². The molecule has 0 aromatic heterocycles. The Bertz CT molecular complexity index is 758. The van der Waals surface area contributed by atoms with Gasteiger partial charge in [0.05, 0.1) is 25.6 Å². The van der Waals surface area contributed by atoms with Crippen molar-refractivity contribution in [2.24, 2.45) is 0 Å². The Balaban J connectivity index is 2.29. The van der Waals surface area contributed by atoms with Crippen LogP contribution in [0.2, 0.25) is 0 Å². The molecule has 2 aromatic carbocycles. The van der Waals surface area contributed by atoms with Gasteiger partial charge in [-0.05, 0) is 30.3 Å². The van der Waals surface area contributed by atoms with Gasteiger partial charge in [-0.15, -0.1) is 0 Å². The monoisotopic (exact) mass is 328 g/mol. The molecule has 2 rings (SSSR count). The normalized spacial score (nSPS) is 10.0. The first-order valence-electron chi connectivity index (χ1n) is 7.34. The van der Waals surface area contributed by atoms with E-state index in [4.69, 9.17) is 9.47 Å². The minimum absolute atomic E-state index is 0.122. The van der Waals surface area contributed by atoms with E-state index in [1.54, 1.807) is 49.5 Å². The van der Waals surface area contributed by atoms with E-state index < -0.39 is 0 Å². The Labute approximate surface area is 141 Å². The average molecular weight is 328 g/mol. The number of carbonyl (C=O) groups excluding carboxylic acids is 2. The molecule has 0 heterocycles. The second kappa shape index (κ2) is 7.50. The van der Waals surface area contributed by atoms with E-state index in [9.17, 15) is 9.59 Å². The summed E-state index contributed by atoms with van der Waals surface area (Å²) >= 11 is 0. The lowest BCUT2D eigenvalue weighted by molar-refractivity contribution is -0.116. The average Bonchev–Trinajstić information content (AvgIpc) is 2.60. The maximum atomic E-state index is 12.5. The number of anilines is 2.